The molecule has 5 heteroatoms. The smallest absolute Gasteiger partial charge is 0.252 e. The highest BCUT2D eigenvalue weighted by molar-refractivity contribution is 6.05. The number of allylic oxidation sites excluding steroid dienone is 3. The van der Waals surface area contributed by atoms with Gasteiger partial charge < -0.3 is 10.2 Å². The van der Waals surface area contributed by atoms with E-state index in [-0.39, 0.29) is 17.5 Å². The van der Waals surface area contributed by atoms with Crippen molar-refractivity contribution in [2.24, 2.45) is 0 Å². The summed E-state index contributed by atoms with van der Waals surface area (Å²) >= 11 is 0. The molecule has 2 aliphatic heterocycles. The zero-order valence-electron chi connectivity index (χ0n) is 15.7. The number of halogens is 1. The molecule has 0 radical (unpaired) electrons. The van der Waals surface area contributed by atoms with Gasteiger partial charge in [0.05, 0.1) is 0 Å². The Bertz CT molecular complexity index is 850. The van der Waals surface area contributed by atoms with E-state index in [1.807, 2.05) is 11.8 Å². The van der Waals surface area contributed by atoms with Crippen molar-refractivity contribution in [1.29, 1.82) is 0 Å². The van der Waals surface area contributed by atoms with Crippen molar-refractivity contribution in [3.05, 3.63) is 58.2 Å². The fraction of sp³-hybridized carbons (Fsp3) is 0.455. The molecule has 1 aromatic rings. The highest BCUT2D eigenvalue weighted by Crippen LogP contribution is 2.43. The number of carbonyl (C=O) groups excluding carboxylic acids is 2. The molecule has 1 amide bonds. The fourth-order valence-corrected chi connectivity index (χ4v) is 4.55. The van der Waals surface area contributed by atoms with E-state index in [1.54, 1.807) is 18.2 Å². The van der Waals surface area contributed by atoms with Gasteiger partial charge in [0.1, 0.15) is 5.82 Å². The number of amides is 1. The van der Waals surface area contributed by atoms with Gasteiger partial charge in [-0.25, -0.2) is 4.39 Å². The average Bonchev–Trinajstić information content (AvgIpc) is 2.68. The third-order valence-electron chi connectivity index (χ3n) is 5.87. The molecule has 1 fully saturated rings. The van der Waals surface area contributed by atoms with Crippen LogP contribution in [0.3, 0.4) is 0 Å². The Morgan fingerprint density at radius 1 is 1.11 bits per heavy atom. The lowest BCUT2D eigenvalue weighted by molar-refractivity contribution is -0.128. The maximum atomic E-state index is 14.8. The largest absolute Gasteiger partial charge is 0.362 e. The summed E-state index contributed by atoms with van der Waals surface area (Å²) in [5.41, 5.74) is 3.12. The zero-order chi connectivity index (χ0) is 19.0. The number of benzene rings is 1. The van der Waals surface area contributed by atoms with Gasteiger partial charge in [0.2, 0.25) is 0 Å². The van der Waals surface area contributed by atoms with Gasteiger partial charge in [-0.2, -0.15) is 0 Å². The number of piperidine rings is 1. The van der Waals surface area contributed by atoms with Crippen molar-refractivity contribution >= 4 is 11.7 Å². The average molecular weight is 368 g/mol. The van der Waals surface area contributed by atoms with Gasteiger partial charge in [0.15, 0.2) is 5.78 Å². The van der Waals surface area contributed by atoms with E-state index in [9.17, 15) is 14.0 Å². The van der Waals surface area contributed by atoms with Gasteiger partial charge in [-0.1, -0.05) is 18.2 Å². The maximum Gasteiger partial charge on any atom is 0.252 e. The van der Waals surface area contributed by atoms with Crippen LogP contribution in [0.1, 0.15) is 56.9 Å². The molecule has 0 spiro atoms. The predicted molar refractivity (Wildman–Crippen MR) is 101 cm³/mol. The second kappa shape index (κ2) is 7.29. The summed E-state index contributed by atoms with van der Waals surface area (Å²) < 4.78 is 14.8. The van der Waals surface area contributed by atoms with E-state index < -0.39 is 5.92 Å². The Labute approximate surface area is 159 Å². The molecule has 1 atom stereocenters. The Hall–Kier alpha value is -2.43. The Kier molecular flexibility index (Phi) is 4.85. The molecule has 1 aromatic carbocycles. The first kappa shape index (κ1) is 18.0. The van der Waals surface area contributed by atoms with Crippen molar-refractivity contribution in [1.82, 2.24) is 10.2 Å². The third kappa shape index (κ3) is 3.20. The predicted octanol–water partition coefficient (Wildman–Crippen LogP) is 3.81. The van der Waals surface area contributed by atoms with Crippen LogP contribution in [0.25, 0.3) is 0 Å². The number of Topliss-reactive ketones (excluding diaryl/α,β-unsaturated/α-hetero) is 1. The summed E-state index contributed by atoms with van der Waals surface area (Å²) in [5, 5.41) is 3.31. The zero-order valence-corrected chi connectivity index (χ0v) is 15.7. The molecule has 2 heterocycles. The van der Waals surface area contributed by atoms with E-state index in [1.165, 1.54) is 6.07 Å². The Morgan fingerprint density at radius 2 is 1.85 bits per heavy atom. The van der Waals surface area contributed by atoms with Gasteiger partial charge in [-0.15, -0.1) is 0 Å². The number of ketones is 1. The highest BCUT2D eigenvalue weighted by atomic mass is 19.1. The molecule has 1 aliphatic carbocycles. The van der Waals surface area contributed by atoms with Crippen LogP contribution in [0.15, 0.2) is 46.8 Å². The first-order valence-electron chi connectivity index (χ1n) is 9.85. The van der Waals surface area contributed by atoms with E-state index in [0.717, 1.165) is 56.6 Å². The van der Waals surface area contributed by atoms with Crippen LogP contribution in [0.4, 0.5) is 4.39 Å². The number of rotatable bonds is 2. The van der Waals surface area contributed by atoms with Crippen molar-refractivity contribution in [2.45, 2.75) is 51.4 Å². The number of likely N-dealkylation sites (tertiary alicyclic amines) is 1. The number of hydrogen-bond acceptors (Lipinski definition) is 3. The number of dihydropyridines is 1. The van der Waals surface area contributed by atoms with Gasteiger partial charge >= 0.3 is 0 Å². The van der Waals surface area contributed by atoms with Crippen molar-refractivity contribution in [3.8, 4) is 0 Å². The van der Waals surface area contributed by atoms with Crippen LogP contribution < -0.4 is 5.32 Å². The summed E-state index contributed by atoms with van der Waals surface area (Å²) in [6.45, 7) is 3.31. The van der Waals surface area contributed by atoms with Crippen LogP contribution in [0.2, 0.25) is 0 Å². The normalized spacial score (nSPS) is 23.3. The minimum atomic E-state index is -0.621. The Morgan fingerprint density at radius 3 is 2.59 bits per heavy atom. The first-order valence-corrected chi connectivity index (χ1v) is 9.85. The van der Waals surface area contributed by atoms with Crippen LogP contribution in [0.5, 0.6) is 0 Å². The summed E-state index contributed by atoms with van der Waals surface area (Å²) in [6.07, 6.45) is 5.11. The quantitative estimate of drug-likeness (QED) is 0.864. The molecule has 27 heavy (non-hydrogen) atoms. The number of nitrogens with zero attached hydrogens (tertiary/aromatic N) is 1. The van der Waals surface area contributed by atoms with Crippen molar-refractivity contribution < 1.29 is 14.0 Å². The SMILES string of the molecule is CC1=C(C(=O)N2CCCCC2)C(c2ccccc2F)C2=C(CCCC2=O)N1. The molecule has 4 nitrogen and oxygen atoms in total. The molecule has 1 saturated heterocycles. The van der Waals surface area contributed by atoms with Gasteiger partial charge in [-0.3, -0.25) is 9.59 Å². The molecule has 0 bridgehead atoms. The second-order valence-corrected chi connectivity index (χ2v) is 7.64. The molecule has 0 saturated carbocycles. The second-order valence-electron chi connectivity index (χ2n) is 7.64. The van der Waals surface area contributed by atoms with E-state index in [4.69, 9.17) is 0 Å². The highest BCUT2D eigenvalue weighted by Gasteiger charge is 2.40. The molecular formula is C22H25FN2O2. The van der Waals surface area contributed by atoms with Crippen LogP contribution >= 0.6 is 0 Å². The van der Waals surface area contributed by atoms with Crippen LogP contribution in [-0.4, -0.2) is 29.7 Å². The third-order valence-corrected chi connectivity index (χ3v) is 5.87. The van der Waals surface area contributed by atoms with Crippen molar-refractivity contribution in [3.63, 3.8) is 0 Å². The molecular weight excluding hydrogens is 343 g/mol. The van der Waals surface area contributed by atoms with Gasteiger partial charge in [-0.05, 0) is 45.1 Å². The lowest BCUT2D eigenvalue weighted by atomic mass is 9.74. The van der Waals surface area contributed by atoms with E-state index in [2.05, 4.69) is 5.32 Å². The monoisotopic (exact) mass is 368 g/mol. The first-order chi connectivity index (χ1) is 13.1. The summed E-state index contributed by atoms with van der Waals surface area (Å²) in [7, 11) is 0. The van der Waals surface area contributed by atoms with Crippen LogP contribution in [-0.2, 0) is 9.59 Å². The van der Waals surface area contributed by atoms with E-state index >= 15 is 0 Å². The van der Waals surface area contributed by atoms with E-state index in [0.29, 0.717) is 23.1 Å². The summed E-state index contributed by atoms with van der Waals surface area (Å²) in [4.78, 5) is 28.1. The minimum Gasteiger partial charge on any atom is -0.362 e. The molecule has 1 N–H and O–H groups in total. The van der Waals surface area contributed by atoms with Crippen molar-refractivity contribution in [2.75, 3.05) is 13.1 Å². The number of nitrogens with one attached hydrogen (secondary N) is 1. The number of carbonyl (C=O) groups is 2. The maximum absolute atomic E-state index is 14.8. The summed E-state index contributed by atoms with van der Waals surface area (Å²) in [6, 6.07) is 6.52. The molecule has 1 unspecified atom stereocenters. The van der Waals surface area contributed by atoms with Gasteiger partial charge in [0, 0.05) is 53.5 Å². The molecule has 4 rings (SSSR count). The molecule has 142 valence electrons. The lowest BCUT2D eigenvalue weighted by Gasteiger charge is -2.37. The lowest BCUT2D eigenvalue weighted by Crippen LogP contribution is -2.42. The number of hydrogen-bond donors (Lipinski definition) is 1. The topological polar surface area (TPSA) is 49.4 Å². The molecule has 3 aliphatic rings. The van der Waals surface area contributed by atoms with Crippen LogP contribution in [0, 0.1) is 5.82 Å². The summed E-state index contributed by atoms with van der Waals surface area (Å²) in [5.74, 6) is -1.04. The minimum absolute atomic E-state index is 0.0217. The standard InChI is InChI=1S/C22H25FN2O2/c1-14-19(22(27)25-12-5-2-6-13-25)20(15-8-3-4-9-16(15)23)21-17(24-14)10-7-11-18(21)26/h3-4,8-9,20,24H,2,5-7,10-13H2,1H3. The Balaban J connectivity index is 1.84. The fourth-order valence-electron chi connectivity index (χ4n) is 4.55. The molecule has 0 aromatic heterocycles. The van der Waals surface area contributed by atoms with Gasteiger partial charge in [0.25, 0.3) is 5.91 Å².